The molecule has 0 saturated carbocycles. The molecule has 0 aromatic heterocycles. The molecule has 0 spiro atoms. The molecule has 0 atom stereocenters. The lowest BCUT2D eigenvalue weighted by Gasteiger charge is -2.07. The lowest BCUT2D eigenvalue weighted by molar-refractivity contribution is 0.0967. The Morgan fingerprint density at radius 3 is 2.59 bits per heavy atom. The molecule has 1 aromatic rings. The molecule has 1 aromatic carbocycles. The summed E-state index contributed by atoms with van der Waals surface area (Å²) in [5, 5.41) is 2.97. The van der Waals surface area contributed by atoms with Crippen LogP contribution in [0.4, 0.5) is 0 Å². The molecule has 0 aliphatic heterocycles. The molecule has 0 bridgehead atoms. The molecule has 2 nitrogen and oxygen atoms in total. The molecule has 0 fully saturated rings. The molecule has 0 heterocycles. The third kappa shape index (κ3) is 5.03. The average molecular weight is 295 g/mol. The van der Waals surface area contributed by atoms with Crippen LogP contribution in [0.5, 0.6) is 0 Å². The van der Waals surface area contributed by atoms with Crippen molar-refractivity contribution in [3.8, 4) is 0 Å². The minimum atomic E-state index is -0.0458. The fraction of sp³-hybridized carbons (Fsp3) is 0.350. The first-order valence-electron chi connectivity index (χ1n) is 8.14. The Labute approximate surface area is 133 Å². The maximum Gasteiger partial charge on any atom is 0.255 e. The lowest BCUT2D eigenvalue weighted by atomic mass is 10.1. The highest BCUT2D eigenvalue weighted by Gasteiger charge is 2.07. The molecule has 1 N–H and O–H groups in total. The largest absolute Gasteiger partial charge is 0.322 e. The van der Waals surface area contributed by atoms with Gasteiger partial charge in [-0.1, -0.05) is 55.7 Å². The molecule has 2 rings (SSSR count). The quantitative estimate of drug-likeness (QED) is 0.740. The van der Waals surface area contributed by atoms with Gasteiger partial charge < -0.3 is 5.32 Å². The number of rotatable bonds is 6. The number of nitrogens with one attached hydrogen (secondary N) is 1. The average Bonchev–Trinajstić information content (AvgIpc) is 2.73. The van der Waals surface area contributed by atoms with Crippen LogP contribution in [0.15, 0.2) is 59.8 Å². The summed E-state index contributed by atoms with van der Waals surface area (Å²) in [5.41, 5.74) is 4.10. The van der Waals surface area contributed by atoms with Gasteiger partial charge in [-0.25, -0.2) is 0 Å². The fourth-order valence-corrected chi connectivity index (χ4v) is 2.43. The molecule has 22 heavy (non-hydrogen) atoms. The van der Waals surface area contributed by atoms with E-state index in [0.29, 0.717) is 5.56 Å². The summed E-state index contributed by atoms with van der Waals surface area (Å²) in [6, 6.07) is 7.96. The van der Waals surface area contributed by atoms with Gasteiger partial charge in [-0.15, -0.1) is 0 Å². The summed E-state index contributed by atoms with van der Waals surface area (Å²) < 4.78 is 0. The van der Waals surface area contributed by atoms with Crippen LogP contribution in [-0.4, -0.2) is 5.91 Å². The van der Waals surface area contributed by atoms with Gasteiger partial charge in [0, 0.05) is 11.3 Å². The van der Waals surface area contributed by atoms with Gasteiger partial charge in [0.05, 0.1) is 0 Å². The molecule has 2 heteroatoms. The maximum atomic E-state index is 12.3. The van der Waals surface area contributed by atoms with E-state index in [2.05, 4.69) is 37.4 Å². The van der Waals surface area contributed by atoms with Crippen LogP contribution >= 0.6 is 0 Å². The van der Waals surface area contributed by atoms with Crippen molar-refractivity contribution in [1.82, 2.24) is 5.32 Å². The normalized spacial score (nSPS) is 14.1. The summed E-state index contributed by atoms with van der Waals surface area (Å²) in [4.78, 5) is 12.3. The van der Waals surface area contributed by atoms with Crippen LogP contribution in [0.2, 0.25) is 0 Å². The second kappa shape index (κ2) is 8.38. The van der Waals surface area contributed by atoms with Crippen molar-refractivity contribution in [1.29, 1.82) is 0 Å². The Hall–Kier alpha value is -2.09. The summed E-state index contributed by atoms with van der Waals surface area (Å²) >= 11 is 0. The standard InChI is InChI=1S/C20H25NO/c1-3-4-5-8-17-11-13-18(14-12-17)20(22)21-19-9-6-7-16(2)10-15-19/h7,9-15H,3-6,8H2,1-2H3,(H,21,22). The number of aryl methyl sites for hydroxylation is 1. The van der Waals surface area contributed by atoms with Crippen LogP contribution in [-0.2, 0) is 6.42 Å². The number of benzene rings is 1. The molecule has 0 saturated heterocycles. The summed E-state index contributed by atoms with van der Waals surface area (Å²) in [5.74, 6) is -0.0458. The molecular weight excluding hydrogens is 270 g/mol. The van der Waals surface area contributed by atoms with Crippen molar-refractivity contribution in [2.24, 2.45) is 0 Å². The number of allylic oxidation sites excluding steroid dienone is 5. The number of amides is 1. The van der Waals surface area contributed by atoms with E-state index in [0.717, 1.165) is 18.5 Å². The van der Waals surface area contributed by atoms with Crippen LogP contribution in [0.3, 0.4) is 0 Å². The van der Waals surface area contributed by atoms with E-state index in [4.69, 9.17) is 0 Å². The monoisotopic (exact) mass is 295 g/mol. The zero-order chi connectivity index (χ0) is 15.8. The lowest BCUT2D eigenvalue weighted by Crippen LogP contribution is -2.21. The van der Waals surface area contributed by atoms with E-state index < -0.39 is 0 Å². The van der Waals surface area contributed by atoms with Gasteiger partial charge in [0.2, 0.25) is 0 Å². The third-order valence-corrected chi connectivity index (χ3v) is 3.85. The first-order chi connectivity index (χ1) is 10.7. The van der Waals surface area contributed by atoms with Gasteiger partial charge in [0.15, 0.2) is 0 Å². The first kappa shape index (κ1) is 16.3. The highest BCUT2D eigenvalue weighted by atomic mass is 16.1. The van der Waals surface area contributed by atoms with Gasteiger partial charge in [0.1, 0.15) is 0 Å². The Morgan fingerprint density at radius 2 is 1.86 bits per heavy atom. The Kier molecular flexibility index (Phi) is 6.20. The second-order valence-electron chi connectivity index (χ2n) is 5.78. The van der Waals surface area contributed by atoms with Gasteiger partial charge in [-0.2, -0.15) is 0 Å². The van der Waals surface area contributed by atoms with Crippen LogP contribution in [0.25, 0.3) is 0 Å². The highest BCUT2D eigenvalue weighted by Crippen LogP contribution is 2.11. The smallest absolute Gasteiger partial charge is 0.255 e. The van der Waals surface area contributed by atoms with E-state index in [-0.39, 0.29) is 5.91 Å². The zero-order valence-electron chi connectivity index (χ0n) is 13.6. The number of carbonyl (C=O) groups is 1. The predicted molar refractivity (Wildman–Crippen MR) is 92.7 cm³/mol. The summed E-state index contributed by atoms with van der Waals surface area (Å²) in [6.07, 6.45) is 13.8. The van der Waals surface area contributed by atoms with Crippen molar-refractivity contribution in [2.45, 2.75) is 46.0 Å². The molecule has 0 unspecified atom stereocenters. The molecule has 1 aliphatic rings. The van der Waals surface area contributed by atoms with Gasteiger partial charge in [-0.05, 0) is 50.0 Å². The van der Waals surface area contributed by atoms with E-state index in [1.807, 2.05) is 30.4 Å². The van der Waals surface area contributed by atoms with Crippen molar-refractivity contribution >= 4 is 5.91 Å². The SMILES string of the molecule is CCCCCc1ccc(C(=O)NC2=CCC=C(C)C=C2)cc1. The number of unbranched alkanes of at least 4 members (excludes halogenated alkanes) is 2. The van der Waals surface area contributed by atoms with Crippen LogP contribution in [0, 0.1) is 0 Å². The molecule has 0 radical (unpaired) electrons. The molecular formula is C20H25NO. The number of hydrogen-bond acceptors (Lipinski definition) is 1. The van der Waals surface area contributed by atoms with Crippen LogP contribution in [0.1, 0.15) is 55.5 Å². The first-order valence-corrected chi connectivity index (χ1v) is 8.14. The molecule has 1 aliphatic carbocycles. The van der Waals surface area contributed by atoms with Crippen LogP contribution < -0.4 is 5.32 Å². The van der Waals surface area contributed by atoms with E-state index in [1.54, 1.807) is 0 Å². The Balaban J connectivity index is 1.93. The van der Waals surface area contributed by atoms with Crippen molar-refractivity contribution in [3.05, 3.63) is 71.0 Å². The minimum absolute atomic E-state index is 0.0458. The Bertz CT molecular complexity index is 591. The van der Waals surface area contributed by atoms with Crippen molar-refractivity contribution < 1.29 is 4.79 Å². The second-order valence-corrected chi connectivity index (χ2v) is 5.78. The predicted octanol–water partition coefficient (Wildman–Crippen LogP) is 4.94. The number of carbonyl (C=O) groups excluding carboxylic acids is 1. The van der Waals surface area contributed by atoms with E-state index >= 15 is 0 Å². The maximum absolute atomic E-state index is 12.3. The number of hydrogen-bond donors (Lipinski definition) is 1. The zero-order valence-corrected chi connectivity index (χ0v) is 13.6. The third-order valence-electron chi connectivity index (χ3n) is 3.85. The molecule has 116 valence electrons. The minimum Gasteiger partial charge on any atom is -0.322 e. The van der Waals surface area contributed by atoms with Gasteiger partial charge >= 0.3 is 0 Å². The summed E-state index contributed by atoms with van der Waals surface area (Å²) in [6.45, 7) is 4.27. The van der Waals surface area contributed by atoms with E-state index in [1.165, 1.54) is 30.4 Å². The highest BCUT2D eigenvalue weighted by molar-refractivity contribution is 5.95. The van der Waals surface area contributed by atoms with Gasteiger partial charge in [-0.3, -0.25) is 4.79 Å². The topological polar surface area (TPSA) is 29.1 Å². The van der Waals surface area contributed by atoms with E-state index in [9.17, 15) is 4.79 Å². The van der Waals surface area contributed by atoms with Crippen molar-refractivity contribution in [2.75, 3.05) is 0 Å². The molecule has 1 amide bonds. The Morgan fingerprint density at radius 1 is 1.09 bits per heavy atom. The fourth-order valence-electron chi connectivity index (χ4n) is 2.43. The van der Waals surface area contributed by atoms with Gasteiger partial charge in [0.25, 0.3) is 5.91 Å². The summed E-state index contributed by atoms with van der Waals surface area (Å²) in [7, 11) is 0. The van der Waals surface area contributed by atoms with Crippen molar-refractivity contribution in [3.63, 3.8) is 0 Å².